The van der Waals surface area contributed by atoms with Gasteiger partial charge in [0.05, 0.1) is 33.4 Å². The predicted octanol–water partition coefficient (Wildman–Crippen LogP) is 21.1. The Morgan fingerprint density at radius 2 is 0.800 bits per heavy atom. The summed E-state index contributed by atoms with van der Waals surface area (Å²) in [7, 11) is 0. The molecule has 0 fully saturated rings. The molecule has 434 valence electrons. The summed E-state index contributed by atoms with van der Waals surface area (Å²) in [6.45, 7) is 16.3. The molecule has 0 aliphatic carbocycles. The van der Waals surface area contributed by atoms with Gasteiger partial charge in [-0.1, -0.05) is 231 Å². The highest BCUT2D eigenvalue weighted by Crippen LogP contribution is 2.54. The lowest BCUT2D eigenvalue weighted by Crippen LogP contribution is -2.61. The highest BCUT2D eigenvalue weighted by molar-refractivity contribution is 7.00. The maximum atomic E-state index is 7.36. The molecule has 0 bridgehead atoms. The minimum Gasteiger partial charge on any atom is -0.454 e. The van der Waals surface area contributed by atoms with Crippen LogP contribution in [0, 0.1) is 0 Å². The highest BCUT2D eigenvalue weighted by atomic mass is 16.3. The number of aryl methyl sites for hydroxylation is 1. The molecule has 0 spiro atoms. The Kier molecular flexibility index (Phi) is 12.2. The van der Waals surface area contributed by atoms with Gasteiger partial charge in [-0.05, 0) is 147 Å². The van der Waals surface area contributed by atoms with E-state index in [1.54, 1.807) is 0 Å². The molecule has 0 saturated carbocycles. The number of rotatable bonds is 9. The van der Waals surface area contributed by atoms with E-state index in [1.807, 2.05) is 0 Å². The number of unbranched alkanes of at least 4 members (excludes halogenated alkanes) is 1. The van der Waals surface area contributed by atoms with Gasteiger partial charge in [-0.2, -0.15) is 0 Å². The summed E-state index contributed by atoms with van der Waals surface area (Å²) in [6.07, 6.45) is 2.99. The van der Waals surface area contributed by atoms with Gasteiger partial charge in [0.25, 0.3) is 6.71 Å². The maximum absolute atomic E-state index is 7.36. The Morgan fingerprint density at radius 3 is 1.27 bits per heavy atom. The molecule has 0 amide bonds. The second-order valence-corrected chi connectivity index (χ2v) is 27.1. The zero-order valence-electron chi connectivity index (χ0n) is 52.1. The lowest BCUT2D eigenvalue weighted by atomic mass is 9.33. The zero-order chi connectivity index (χ0) is 60.7. The van der Waals surface area contributed by atoms with Crippen molar-refractivity contribution in [3.63, 3.8) is 0 Å². The third-order valence-electron chi connectivity index (χ3n) is 19.6. The van der Waals surface area contributed by atoms with Crippen LogP contribution in [0.1, 0.15) is 78.0 Å². The van der Waals surface area contributed by atoms with Crippen molar-refractivity contribution < 1.29 is 4.42 Å². The van der Waals surface area contributed by atoms with Crippen molar-refractivity contribution in [3.8, 4) is 33.6 Å². The van der Waals surface area contributed by atoms with E-state index in [0.717, 1.165) is 81.0 Å². The van der Waals surface area contributed by atoms with Crippen LogP contribution in [0.25, 0.3) is 99.2 Å². The summed E-state index contributed by atoms with van der Waals surface area (Å²) >= 11 is 0. The van der Waals surface area contributed by atoms with Crippen LogP contribution in [0.5, 0.6) is 0 Å². The summed E-state index contributed by atoms with van der Waals surface area (Å²) in [5, 5.41) is 7.19. The molecule has 6 heteroatoms. The number of hydrogen-bond donors (Lipinski definition) is 0. The standard InChI is InChI=1S/C84H69BN4O/c1-8-9-26-55-41-44-65-64-35-20-25-40-78(64)90-82(65)80(55)88-74-51-58(86-70-36-21-16-31-60(70)61-32-17-22-37-71(61)86)42-45-68(74)85-69-46-43-59(87-72-38-23-18-33-62(72)63-34-19-24-39-73(63)87)52-75(69)89(77-50-57(84(5,6)7)49-76(88)79(77)85)81-66(53-27-12-10-13-28-53)47-56(83(2,3)4)48-67(81)54-29-14-11-15-30-54/h10-25,27-52H,8-9,26H2,1-7H3. The lowest BCUT2D eigenvalue weighted by Gasteiger charge is -2.46. The second kappa shape index (κ2) is 20.4. The largest absolute Gasteiger partial charge is 0.454 e. The molecule has 2 aliphatic rings. The van der Waals surface area contributed by atoms with Crippen molar-refractivity contribution in [2.75, 3.05) is 9.80 Å². The maximum Gasteiger partial charge on any atom is 0.252 e. The van der Waals surface area contributed by atoms with E-state index >= 15 is 0 Å². The van der Waals surface area contributed by atoms with Crippen molar-refractivity contribution in [1.29, 1.82) is 0 Å². The summed E-state index contributed by atoms with van der Waals surface area (Å²) < 4.78 is 12.3. The van der Waals surface area contributed by atoms with Gasteiger partial charge in [-0.3, -0.25) is 0 Å². The number of aromatic nitrogens is 2. The molecular formula is C84H69BN4O. The van der Waals surface area contributed by atoms with Crippen LogP contribution in [-0.4, -0.2) is 15.8 Å². The van der Waals surface area contributed by atoms with Gasteiger partial charge in [0.15, 0.2) is 5.58 Å². The molecule has 0 unspecified atom stereocenters. The molecule has 90 heavy (non-hydrogen) atoms. The SMILES string of the molecule is CCCCc1ccc2c(oc3ccccc32)c1N1c2cc(-n3c4ccccc4c4ccccc43)ccc2B2c3ccc(-n4c5ccccc5c5ccccc54)cc3N(c3c(-c4ccccc4)cc(C(C)(C)C)cc3-c3ccccc3)c3cc(C(C)(C)C)cc1c32. The number of furan rings is 1. The molecule has 5 heterocycles. The van der Waals surface area contributed by atoms with Crippen LogP contribution in [-0.2, 0) is 17.3 Å². The van der Waals surface area contributed by atoms with Crippen molar-refractivity contribution >= 4 is 123 Å². The summed E-state index contributed by atoms with van der Waals surface area (Å²) in [6, 6.07) is 96.2. The van der Waals surface area contributed by atoms with Crippen molar-refractivity contribution in [2.45, 2.75) is 78.6 Å². The first-order valence-electron chi connectivity index (χ1n) is 32.2. The van der Waals surface area contributed by atoms with Gasteiger partial charge < -0.3 is 23.4 Å². The number of nitrogens with zero attached hydrogens (tertiary/aromatic N) is 4. The Labute approximate surface area is 526 Å². The zero-order valence-corrected chi connectivity index (χ0v) is 52.1. The first-order chi connectivity index (χ1) is 43.9. The summed E-state index contributed by atoms with van der Waals surface area (Å²) in [5.74, 6) is 0. The van der Waals surface area contributed by atoms with Crippen molar-refractivity contribution in [2.24, 2.45) is 0 Å². The Balaban J connectivity index is 1.06. The van der Waals surface area contributed by atoms with Crippen molar-refractivity contribution in [3.05, 3.63) is 271 Å². The van der Waals surface area contributed by atoms with Crippen molar-refractivity contribution in [1.82, 2.24) is 9.13 Å². The fourth-order valence-corrected chi connectivity index (χ4v) is 15.2. The Bertz CT molecular complexity index is 5230. The van der Waals surface area contributed by atoms with Crippen LogP contribution in [0.4, 0.5) is 34.1 Å². The van der Waals surface area contributed by atoms with Crippen LogP contribution >= 0.6 is 0 Å². The van der Waals surface area contributed by atoms with Crippen LogP contribution in [0.3, 0.4) is 0 Å². The monoisotopic (exact) mass is 1160 g/mol. The van der Waals surface area contributed by atoms with E-state index in [1.165, 1.54) is 105 Å². The molecule has 0 atom stereocenters. The average Bonchev–Trinajstić information content (AvgIpc) is 0.731. The Morgan fingerprint density at radius 1 is 0.378 bits per heavy atom. The van der Waals surface area contributed by atoms with Gasteiger partial charge in [0, 0.05) is 77.6 Å². The van der Waals surface area contributed by atoms with Gasteiger partial charge in [-0.25, -0.2) is 0 Å². The highest BCUT2D eigenvalue weighted by Gasteiger charge is 2.46. The van der Waals surface area contributed by atoms with Gasteiger partial charge in [0.2, 0.25) is 0 Å². The third kappa shape index (κ3) is 8.23. The first-order valence-corrected chi connectivity index (χ1v) is 32.2. The number of para-hydroxylation sites is 5. The summed E-state index contributed by atoms with van der Waals surface area (Å²) in [5.41, 5.74) is 27.4. The van der Waals surface area contributed by atoms with Crippen LogP contribution in [0.15, 0.2) is 259 Å². The third-order valence-corrected chi connectivity index (χ3v) is 19.6. The molecule has 0 N–H and O–H groups in total. The normalized spacial score (nSPS) is 13.1. The van der Waals surface area contributed by atoms with E-state index in [-0.39, 0.29) is 17.5 Å². The number of hydrogen-bond acceptors (Lipinski definition) is 3. The number of benzene rings is 12. The predicted molar refractivity (Wildman–Crippen MR) is 383 cm³/mol. The smallest absolute Gasteiger partial charge is 0.252 e. The quantitative estimate of drug-likeness (QED) is 0.135. The molecule has 5 nitrogen and oxygen atoms in total. The molecule has 15 aromatic rings. The Hall–Kier alpha value is -10.3. The van der Waals surface area contributed by atoms with E-state index in [2.05, 4.69) is 322 Å². The molecule has 3 aromatic heterocycles. The fourth-order valence-electron chi connectivity index (χ4n) is 15.2. The molecular weight excluding hydrogens is 1090 g/mol. The first kappa shape index (κ1) is 53.9. The van der Waals surface area contributed by atoms with Gasteiger partial charge in [-0.15, -0.1) is 0 Å². The van der Waals surface area contributed by atoms with E-state index in [4.69, 9.17) is 4.42 Å². The number of anilines is 6. The molecule has 2 aliphatic heterocycles. The number of fused-ring (bicyclic) bond motifs is 13. The van der Waals surface area contributed by atoms with Gasteiger partial charge in [0.1, 0.15) is 5.58 Å². The van der Waals surface area contributed by atoms with Crippen LogP contribution in [0.2, 0.25) is 0 Å². The van der Waals surface area contributed by atoms with E-state index in [0.29, 0.717) is 0 Å². The molecule has 0 radical (unpaired) electrons. The van der Waals surface area contributed by atoms with Gasteiger partial charge >= 0.3 is 0 Å². The molecule has 17 rings (SSSR count). The lowest BCUT2D eigenvalue weighted by molar-refractivity contribution is 0.590. The second-order valence-electron chi connectivity index (χ2n) is 27.1. The fraction of sp³-hybridized carbons (Fsp3) is 0.143. The molecule has 0 saturated heterocycles. The van der Waals surface area contributed by atoms with Crippen LogP contribution < -0.4 is 26.2 Å². The summed E-state index contributed by atoms with van der Waals surface area (Å²) in [4.78, 5) is 5.38. The average molecular weight is 1160 g/mol. The molecule has 12 aromatic carbocycles. The minimum absolute atomic E-state index is 0.166. The van der Waals surface area contributed by atoms with E-state index < -0.39 is 0 Å². The topological polar surface area (TPSA) is 29.5 Å². The van der Waals surface area contributed by atoms with E-state index in [9.17, 15) is 0 Å². The minimum atomic E-state index is -0.286.